The van der Waals surface area contributed by atoms with Crippen molar-refractivity contribution in [1.82, 2.24) is 0 Å². The molecule has 5 aliphatic rings. The summed E-state index contributed by atoms with van der Waals surface area (Å²) in [5, 5.41) is 0. The minimum atomic E-state index is -0.392. The highest BCUT2D eigenvalue weighted by Gasteiger charge is 2.67. The quantitative estimate of drug-likeness (QED) is 0.495. The summed E-state index contributed by atoms with van der Waals surface area (Å²) in [5.74, 6) is 0.00356. The number of ketones is 1. The summed E-state index contributed by atoms with van der Waals surface area (Å²) in [7, 11) is 1.46. The topological polar surface area (TPSA) is 69.7 Å². The summed E-state index contributed by atoms with van der Waals surface area (Å²) < 4.78 is 11.2. The second-order valence-electron chi connectivity index (χ2n) is 10.2. The minimum absolute atomic E-state index is 0.0854. The first-order valence-corrected chi connectivity index (χ1v) is 11.0. The van der Waals surface area contributed by atoms with E-state index in [9.17, 15) is 14.4 Å². The first-order chi connectivity index (χ1) is 13.7. The average Bonchev–Trinajstić information content (AvgIpc) is 3.22. The van der Waals surface area contributed by atoms with E-state index in [1.54, 1.807) is 6.08 Å². The van der Waals surface area contributed by atoms with E-state index < -0.39 is 5.60 Å². The Morgan fingerprint density at radius 3 is 2.66 bits per heavy atom. The molecule has 1 spiro atoms. The average molecular weight is 398 g/mol. The predicted molar refractivity (Wildman–Crippen MR) is 106 cm³/mol. The van der Waals surface area contributed by atoms with E-state index in [-0.39, 0.29) is 46.3 Å². The van der Waals surface area contributed by atoms with Crippen LogP contribution in [0.1, 0.15) is 65.2 Å². The van der Waals surface area contributed by atoms with E-state index in [1.165, 1.54) is 12.7 Å². The van der Waals surface area contributed by atoms with Gasteiger partial charge in [-0.25, -0.2) is 0 Å². The number of hydrogen-bond acceptors (Lipinski definition) is 5. The van der Waals surface area contributed by atoms with Crippen LogP contribution in [0.5, 0.6) is 0 Å². The molecule has 4 aliphatic carbocycles. The molecule has 29 heavy (non-hydrogen) atoms. The lowest BCUT2D eigenvalue weighted by Crippen LogP contribution is -2.53. The number of ether oxygens (including phenoxy) is 2. The second kappa shape index (κ2) is 6.05. The smallest absolute Gasteiger partial charge is 0.309 e. The van der Waals surface area contributed by atoms with E-state index >= 15 is 0 Å². The van der Waals surface area contributed by atoms with E-state index in [0.29, 0.717) is 19.3 Å². The molecule has 5 heteroatoms. The van der Waals surface area contributed by atoms with Gasteiger partial charge in [-0.2, -0.15) is 0 Å². The largest absolute Gasteiger partial charge is 0.469 e. The van der Waals surface area contributed by atoms with Crippen molar-refractivity contribution in [3.05, 3.63) is 23.3 Å². The Balaban J connectivity index is 1.63. The lowest BCUT2D eigenvalue weighted by atomic mass is 9.48. The number of methoxy groups -OCH3 is 1. The number of carbonyl (C=O) groups is 3. The first-order valence-electron chi connectivity index (χ1n) is 11.0. The molecule has 0 bridgehead atoms. The van der Waals surface area contributed by atoms with Gasteiger partial charge in [-0.15, -0.1) is 0 Å². The third kappa shape index (κ3) is 2.36. The van der Waals surface area contributed by atoms with E-state index in [1.807, 2.05) is 0 Å². The molecule has 0 unspecified atom stereocenters. The van der Waals surface area contributed by atoms with Crippen LogP contribution in [0.2, 0.25) is 0 Å². The van der Waals surface area contributed by atoms with Crippen molar-refractivity contribution >= 4 is 17.7 Å². The number of hydrogen-bond donors (Lipinski definition) is 0. The highest BCUT2D eigenvalue weighted by molar-refractivity contribution is 5.92. The van der Waals surface area contributed by atoms with E-state index in [4.69, 9.17) is 9.47 Å². The third-order valence-corrected chi connectivity index (χ3v) is 9.23. The van der Waals surface area contributed by atoms with Gasteiger partial charge in [0.2, 0.25) is 0 Å². The Labute approximate surface area is 171 Å². The van der Waals surface area contributed by atoms with E-state index in [0.717, 1.165) is 37.7 Å². The number of fused-ring (bicyclic) bond motifs is 6. The van der Waals surface area contributed by atoms with Crippen LogP contribution in [0.3, 0.4) is 0 Å². The fourth-order valence-corrected chi connectivity index (χ4v) is 7.53. The lowest BCUT2D eigenvalue weighted by molar-refractivity contribution is -0.163. The van der Waals surface area contributed by atoms with Crippen LogP contribution in [0.4, 0.5) is 0 Å². The summed E-state index contributed by atoms with van der Waals surface area (Å²) in [4.78, 5) is 37.1. The molecule has 0 aromatic rings. The molecule has 0 N–H and O–H groups in total. The highest BCUT2D eigenvalue weighted by atomic mass is 16.6. The monoisotopic (exact) mass is 398 g/mol. The molecule has 1 heterocycles. The van der Waals surface area contributed by atoms with Gasteiger partial charge in [-0.3, -0.25) is 14.4 Å². The molecular formula is C24H30O5. The van der Waals surface area contributed by atoms with Crippen molar-refractivity contribution < 1.29 is 23.9 Å². The molecule has 156 valence electrons. The second-order valence-corrected chi connectivity index (χ2v) is 10.2. The van der Waals surface area contributed by atoms with Gasteiger partial charge in [0.1, 0.15) is 5.60 Å². The van der Waals surface area contributed by atoms with Crippen molar-refractivity contribution in [3.63, 3.8) is 0 Å². The number of carbonyl (C=O) groups excluding carboxylic acids is 3. The Kier molecular flexibility index (Phi) is 3.98. The molecule has 0 aromatic carbocycles. The van der Waals surface area contributed by atoms with Crippen LogP contribution in [0.15, 0.2) is 23.3 Å². The van der Waals surface area contributed by atoms with Gasteiger partial charge in [-0.05, 0) is 56.4 Å². The SMILES string of the molecule is COC(=O)[C@@H]1CC2=CC(=O)CC[C@@]2(C)C2=CC[C@]3(C)[C@H](CC[C@@]34CCC(=O)O4)[C@@H]21. The maximum atomic E-state index is 12.9. The van der Waals surface area contributed by atoms with Gasteiger partial charge >= 0.3 is 11.9 Å². The fourth-order valence-electron chi connectivity index (χ4n) is 7.53. The fraction of sp³-hybridized carbons (Fsp3) is 0.708. The van der Waals surface area contributed by atoms with Gasteiger partial charge in [0.25, 0.3) is 0 Å². The molecule has 3 fully saturated rings. The molecule has 1 aliphatic heterocycles. The third-order valence-electron chi connectivity index (χ3n) is 9.23. The molecule has 1 saturated heterocycles. The van der Waals surface area contributed by atoms with Gasteiger partial charge < -0.3 is 9.47 Å². The number of rotatable bonds is 1. The minimum Gasteiger partial charge on any atom is -0.469 e. The Hall–Kier alpha value is -1.91. The molecular weight excluding hydrogens is 368 g/mol. The summed E-state index contributed by atoms with van der Waals surface area (Å²) in [6.45, 7) is 4.52. The maximum absolute atomic E-state index is 12.9. The first kappa shape index (κ1) is 19.1. The lowest BCUT2D eigenvalue weighted by Gasteiger charge is -2.56. The molecule has 6 atom stereocenters. The normalized spacial score (nSPS) is 45.7. The van der Waals surface area contributed by atoms with Gasteiger partial charge in [0, 0.05) is 23.7 Å². The molecule has 0 amide bonds. The van der Waals surface area contributed by atoms with Crippen LogP contribution in [-0.4, -0.2) is 30.4 Å². The van der Waals surface area contributed by atoms with Crippen molar-refractivity contribution in [2.45, 2.75) is 70.8 Å². The van der Waals surface area contributed by atoms with Gasteiger partial charge in [0.15, 0.2) is 5.78 Å². The van der Waals surface area contributed by atoms with Gasteiger partial charge in [-0.1, -0.05) is 31.1 Å². The molecule has 2 saturated carbocycles. The summed E-state index contributed by atoms with van der Waals surface area (Å²) in [5.41, 5.74) is 1.72. The van der Waals surface area contributed by atoms with Crippen molar-refractivity contribution in [1.29, 1.82) is 0 Å². The molecule has 5 nitrogen and oxygen atoms in total. The summed E-state index contributed by atoms with van der Waals surface area (Å²) in [6, 6.07) is 0. The Bertz CT molecular complexity index is 868. The maximum Gasteiger partial charge on any atom is 0.309 e. The zero-order chi connectivity index (χ0) is 20.6. The van der Waals surface area contributed by atoms with Crippen molar-refractivity contribution in [3.8, 4) is 0 Å². The predicted octanol–water partition coefficient (Wildman–Crippen LogP) is 3.91. The summed E-state index contributed by atoms with van der Waals surface area (Å²) in [6.07, 6.45) is 10.1. The van der Waals surface area contributed by atoms with Crippen molar-refractivity contribution in [2.24, 2.45) is 28.6 Å². The molecule has 0 radical (unpaired) electrons. The number of esters is 2. The van der Waals surface area contributed by atoms with Crippen LogP contribution >= 0.6 is 0 Å². The molecule has 0 aromatic heterocycles. The van der Waals surface area contributed by atoms with Crippen molar-refractivity contribution in [2.75, 3.05) is 7.11 Å². The van der Waals surface area contributed by atoms with Crippen LogP contribution in [0.25, 0.3) is 0 Å². The zero-order valence-corrected chi connectivity index (χ0v) is 17.6. The molecule has 5 rings (SSSR count). The standard InChI is InChI=1S/C24H30O5/c1-22-8-4-15(25)12-14(22)13-16(21(27)28-3)20-17(22)5-9-23(2)18(20)6-10-24(23)11-7-19(26)29-24/h5,12,16,18,20H,4,6-11,13H2,1-3H3/t16-,18-,20-,22-,23-,24-/m1/s1. The Morgan fingerprint density at radius 1 is 1.17 bits per heavy atom. The zero-order valence-electron chi connectivity index (χ0n) is 17.6. The van der Waals surface area contributed by atoms with Gasteiger partial charge in [0.05, 0.1) is 13.0 Å². The summed E-state index contributed by atoms with van der Waals surface area (Å²) >= 11 is 0. The van der Waals surface area contributed by atoms with Crippen LogP contribution in [0, 0.1) is 28.6 Å². The van der Waals surface area contributed by atoms with Crippen LogP contribution in [-0.2, 0) is 23.9 Å². The number of allylic oxidation sites excluding steroid dienone is 4. The highest BCUT2D eigenvalue weighted by Crippen LogP contribution is 2.69. The van der Waals surface area contributed by atoms with Crippen LogP contribution < -0.4 is 0 Å². The Morgan fingerprint density at radius 2 is 1.97 bits per heavy atom. The van der Waals surface area contributed by atoms with E-state index in [2.05, 4.69) is 19.9 Å².